The number of aromatic nitrogens is 1. The van der Waals surface area contributed by atoms with Gasteiger partial charge < -0.3 is 9.84 Å². The van der Waals surface area contributed by atoms with E-state index in [4.69, 9.17) is 27.7 Å². The smallest absolute Gasteiger partial charge is 0.273 e. The number of nitrogens with one attached hydrogen (secondary N) is 1. The van der Waals surface area contributed by atoms with Gasteiger partial charge in [0.15, 0.2) is 11.5 Å². The maximum Gasteiger partial charge on any atom is 0.273 e. The lowest BCUT2D eigenvalue weighted by Crippen LogP contribution is -2.26. The van der Waals surface area contributed by atoms with Gasteiger partial charge >= 0.3 is 0 Å². The lowest BCUT2D eigenvalue weighted by Gasteiger charge is -2.12. The van der Waals surface area contributed by atoms with E-state index in [1.165, 1.54) is 0 Å². The molecule has 3 aromatic rings. The highest BCUT2D eigenvalue weighted by Gasteiger charge is 2.17. The Hall–Kier alpha value is -2.30. The maximum absolute atomic E-state index is 12.3. The Bertz CT molecular complexity index is 862. The molecule has 0 radical (unpaired) electrons. The molecule has 3 rings (SSSR count). The Kier molecular flexibility index (Phi) is 4.88. The fourth-order valence-electron chi connectivity index (χ4n) is 2.26. The second-order valence-electron chi connectivity index (χ2n) is 5.31. The summed E-state index contributed by atoms with van der Waals surface area (Å²) in [6, 6.07) is 16.2. The average Bonchev–Trinajstić information content (AvgIpc) is 3.08. The molecular formula is C18H14Cl2N2O2. The summed E-state index contributed by atoms with van der Waals surface area (Å²) < 4.78 is 5.24. The van der Waals surface area contributed by atoms with E-state index in [1.807, 2.05) is 37.3 Å². The third kappa shape index (κ3) is 3.61. The van der Waals surface area contributed by atoms with Crippen molar-refractivity contribution in [1.29, 1.82) is 0 Å². The summed E-state index contributed by atoms with van der Waals surface area (Å²) in [6.07, 6.45) is 0. The van der Waals surface area contributed by atoms with Gasteiger partial charge in [0, 0.05) is 11.6 Å². The summed E-state index contributed by atoms with van der Waals surface area (Å²) in [4.78, 5) is 12.3. The number of hydrogen-bond donors (Lipinski definition) is 1. The third-order valence-electron chi connectivity index (χ3n) is 3.59. The SMILES string of the molecule is C[C@H](NC(=O)c1cc(-c2ccc(Cl)c(Cl)c2)on1)c1ccccc1. The largest absolute Gasteiger partial charge is 0.355 e. The molecule has 0 bridgehead atoms. The van der Waals surface area contributed by atoms with Crippen molar-refractivity contribution < 1.29 is 9.32 Å². The Labute approximate surface area is 149 Å². The maximum atomic E-state index is 12.3. The number of hydrogen-bond acceptors (Lipinski definition) is 3. The lowest BCUT2D eigenvalue weighted by atomic mass is 10.1. The topological polar surface area (TPSA) is 55.1 Å². The van der Waals surface area contributed by atoms with Crippen LogP contribution in [0.15, 0.2) is 59.1 Å². The summed E-state index contributed by atoms with van der Waals surface area (Å²) >= 11 is 11.9. The Morgan fingerprint density at radius 1 is 1.08 bits per heavy atom. The van der Waals surface area contributed by atoms with Crippen LogP contribution in [0.1, 0.15) is 29.0 Å². The van der Waals surface area contributed by atoms with E-state index < -0.39 is 0 Å². The fourth-order valence-corrected chi connectivity index (χ4v) is 2.56. The summed E-state index contributed by atoms with van der Waals surface area (Å²) in [6.45, 7) is 1.91. The molecule has 4 nitrogen and oxygen atoms in total. The van der Waals surface area contributed by atoms with Crippen LogP contribution in [0.4, 0.5) is 0 Å². The number of nitrogens with zero attached hydrogens (tertiary/aromatic N) is 1. The van der Waals surface area contributed by atoms with E-state index in [9.17, 15) is 4.79 Å². The molecular weight excluding hydrogens is 347 g/mol. The van der Waals surface area contributed by atoms with Gasteiger partial charge in [-0.3, -0.25) is 4.79 Å². The second kappa shape index (κ2) is 7.07. The molecule has 0 saturated heterocycles. The lowest BCUT2D eigenvalue weighted by molar-refractivity contribution is 0.0931. The van der Waals surface area contributed by atoms with Crippen molar-refractivity contribution in [3.05, 3.63) is 75.9 Å². The standard InChI is InChI=1S/C18H14Cl2N2O2/c1-11(12-5-3-2-4-6-12)21-18(23)16-10-17(24-22-16)13-7-8-14(19)15(20)9-13/h2-11H,1H3,(H,21,23)/t11-/m0/s1. The molecule has 1 atom stereocenters. The molecule has 24 heavy (non-hydrogen) atoms. The minimum Gasteiger partial charge on any atom is -0.355 e. The second-order valence-corrected chi connectivity index (χ2v) is 6.13. The van der Waals surface area contributed by atoms with Crippen molar-refractivity contribution in [3.8, 4) is 11.3 Å². The van der Waals surface area contributed by atoms with E-state index in [2.05, 4.69) is 10.5 Å². The highest BCUT2D eigenvalue weighted by molar-refractivity contribution is 6.42. The number of amides is 1. The molecule has 1 aromatic heterocycles. The van der Waals surface area contributed by atoms with E-state index in [0.717, 1.165) is 5.56 Å². The molecule has 0 aliphatic rings. The quantitative estimate of drug-likeness (QED) is 0.700. The number of carbonyl (C=O) groups excluding carboxylic acids is 1. The van der Waals surface area contributed by atoms with E-state index in [0.29, 0.717) is 21.4 Å². The Morgan fingerprint density at radius 2 is 1.83 bits per heavy atom. The van der Waals surface area contributed by atoms with E-state index in [1.54, 1.807) is 24.3 Å². The van der Waals surface area contributed by atoms with Crippen molar-refractivity contribution in [2.45, 2.75) is 13.0 Å². The predicted octanol–water partition coefficient (Wildman–Crippen LogP) is 5.14. The van der Waals surface area contributed by atoms with Crippen molar-refractivity contribution in [2.24, 2.45) is 0 Å². The number of benzene rings is 2. The number of halogens is 2. The number of rotatable bonds is 4. The van der Waals surface area contributed by atoms with Crippen molar-refractivity contribution in [1.82, 2.24) is 10.5 Å². The first-order chi connectivity index (χ1) is 11.5. The minimum absolute atomic E-state index is 0.135. The first kappa shape index (κ1) is 16.6. The number of carbonyl (C=O) groups is 1. The summed E-state index contributed by atoms with van der Waals surface area (Å²) in [5.41, 5.74) is 1.92. The molecule has 122 valence electrons. The first-order valence-corrected chi connectivity index (χ1v) is 8.08. The minimum atomic E-state index is -0.304. The molecule has 0 aliphatic heterocycles. The van der Waals surface area contributed by atoms with Gasteiger partial charge in [-0.1, -0.05) is 58.7 Å². The van der Waals surface area contributed by atoms with Crippen LogP contribution >= 0.6 is 23.2 Å². The van der Waals surface area contributed by atoms with Crippen LogP contribution in [0.3, 0.4) is 0 Å². The molecule has 1 amide bonds. The zero-order valence-corrected chi connectivity index (χ0v) is 14.3. The molecule has 0 saturated carbocycles. The highest BCUT2D eigenvalue weighted by atomic mass is 35.5. The van der Waals surface area contributed by atoms with Crippen LogP contribution in [0, 0.1) is 0 Å². The molecule has 0 aliphatic carbocycles. The van der Waals surface area contributed by atoms with Crippen LogP contribution < -0.4 is 5.32 Å². The van der Waals surface area contributed by atoms with Crippen molar-refractivity contribution >= 4 is 29.1 Å². The van der Waals surface area contributed by atoms with Gasteiger partial charge in [0.2, 0.25) is 0 Å². The molecule has 6 heteroatoms. The van der Waals surface area contributed by atoms with Gasteiger partial charge in [-0.15, -0.1) is 0 Å². The van der Waals surface area contributed by atoms with Crippen molar-refractivity contribution in [2.75, 3.05) is 0 Å². The molecule has 0 fully saturated rings. The van der Waals surface area contributed by atoms with Gasteiger partial charge in [0.25, 0.3) is 5.91 Å². The Balaban J connectivity index is 1.75. The van der Waals surface area contributed by atoms with Gasteiger partial charge in [-0.2, -0.15) is 0 Å². The zero-order valence-electron chi connectivity index (χ0n) is 12.8. The van der Waals surface area contributed by atoms with Crippen LogP contribution in [0.5, 0.6) is 0 Å². The van der Waals surface area contributed by atoms with Crippen LogP contribution in [-0.4, -0.2) is 11.1 Å². The van der Waals surface area contributed by atoms with Gasteiger partial charge in [0.05, 0.1) is 16.1 Å². The van der Waals surface area contributed by atoms with E-state index >= 15 is 0 Å². The first-order valence-electron chi connectivity index (χ1n) is 7.32. The zero-order chi connectivity index (χ0) is 17.1. The summed E-state index contributed by atoms with van der Waals surface area (Å²) in [7, 11) is 0. The van der Waals surface area contributed by atoms with Crippen molar-refractivity contribution in [3.63, 3.8) is 0 Å². The molecule has 0 spiro atoms. The molecule has 1 N–H and O–H groups in total. The monoisotopic (exact) mass is 360 g/mol. The van der Waals surface area contributed by atoms with Gasteiger partial charge in [-0.05, 0) is 30.7 Å². The molecule has 0 unspecified atom stereocenters. The third-order valence-corrected chi connectivity index (χ3v) is 4.33. The van der Waals surface area contributed by atoms with Gasteiger partial charge in [0.1, 0.15) is 0 Å². The predicted molar refractivity (Wildman–Crippen MR) is 94.3 cm³/mol. The molecule has 2 aromatic carbocycles. The fraction of sp³-hybridized carbons (Fsp3) is 0.111. The highest BCUT2D eigenvalue weighted by Crippen LogP contribution is 2.29. The van der Waals surface area contributed by atoms with E-state index in [-0.39, 0.29) is 17.6 Å². The summed E-state index contributed by atoms with van der Waals surface area (Å²) in [5.74, 6) is 0.146. The Morgan fingerprint density at radius 3 is 2.54 bits per heavy atom. The molecule has 1 heterocycles. The van der Waals surface area contributed by atoms with Crippen LogP contribution in [-0.2, 0) is 0 Å². The van der Waals surface area contributed by atoms with Gasteiger partial charge in [-0.25, -0.2) is 0 Å². The van der Waals surface area contributed by atoms with Crippen LogP contribution in [0.2, 0.25) is 10.0 Å². The normalized spacial score (nSPS) is 12.0. The summed E-state index contributed by atoms with van der Waals surface area (Å²) in [5, 5.41) is 7.58. The average molecular weight is 361 g/mol. The van der Waals surface area contributed by atoms with Crippen LogP contribution in [0.25, 0.3) is 11.3 Å².